The van der Waals surface area contributed by atoms with Crippen LogP contribution >= 0.6 is 0 Å². The predicted octanol–water partition coefficient (Wildman–Crippen LogP) is 3.28. The van der Waals surface area contributed by atoms with Crippen molar-refractivity contribution < 1.29 is 19.0 Å². The maximum absolute atomic E-state index is 15.1. The van der Waals surface area contributed by atoms with E-state index in [0.29, 0.717) is 23.0 Å². The van der Waals surface area contributed by atoms with Gasteiger partial charge in [-0.25, -0.2) is 9.37 Å². The molecule has 30 heavy (non-hydrogen) atoms. The van der Waals surface area contributed by atoms with E-state index < -0.39 is 16.8 Å². The van der Waals surface area contributed by atoms with E-state index in [1.165, 1.54) is 13.3 Å². The molecule has 4 aliphatic carbocycles. The second-order valence-corrected chi connectivity index (χ2v) is 10.8. The van der Waals surface area contributed by atoms with E-state index in [0.717, 1.165) is 25.7 Å². The molecule has 2 aromatic rings. The molecule has 2 aromatic heterocycles. The number of amides is 1. The van der Waals surface area contributed by atoms with E-state index in [4.69, 9.17) is 4.74 Å². The molecular formula is C23H28FN3O3. The molecule has 1 saturated heterocycles. The summed E-state index contributed by atoms with van der Waals surface area (Å²) < 4.78 is 20.2. The van der Waals surface area contributed by atoms with Gasteiger partial charge < -0.3 is 19.7 Å². The number of rotatable bonds is 3. The van der Waals surface area contributed by atoms with Gasteiger partial charge in [-0.2, -0.15) is 0 Å². The second-order valence-electron chi connectivity index (χ2n) is 10.8. The number of pyridine rings is 1. The van der Waals surface area contributed by atoms with Gasteiger partial charge >= 0.3 is 0 Å². The number of hydrogen-bond donors (Lipinski definition) is 2. The molecule has 7 rings (SSSR count). The van der Waals surface area contributed by atoms with Crippen molar-refractivity contribution in [3.8, 4) is 5.75 Å². The van der Waals surface area contributed by atoms with Crippen molar-refractivity contribution in [1.29, 1.82) is 0 Å². The van der Waals surface area contributed by atoms with Crippen molar-refractivity contribution in [2.45, 2.75) is 76.0 Å². The van der Waals surface area contributed by atoms with Crippen LogP contribution in [0.5, 0.6) is 5.75 Å². The Morgan fingerprint density at radius 3 is 2.73 bits per heavy atom. The number of methoxy groups -OCH3 is 1. The van der Waals surface area contributed by atoms with Crippen LogP contribution in [-0.2, 0) is 10.2 Å². The first-order chi connectivity index (χ1) is 14.1. The van der Waals surface area contributed by atoms with Gasteiger partial charge in [-0.1, -0.05) is 6.92 Å². The number of hydrogen-bond acceptors (Lipinski definition) is 4. The first kappa shape index (κ1) is 18.6. The predicted molar refractivity (Wildman–Crippen MR) is 109 cm³/mol. The standard InChI is InChI=1S/C23H28FN3O3/c1-20(2,14-9-25-18-16(14)17(24)15(30-4)10-26-18)19(28)27-12-5-21(3)22(6-12)7-13(27)8-23(21,29)11-22/h9-10,12-13,29H,5-8,11H2,1-4H3,(H,25,26). The number of likely N-dealkylation sites (tertiary alicyclic amines) is 1. The summed E-state index contributed by atoms with van der Waals surface area (Å²) in [7, 11) is 1.41. The average Bonchev–Trinajstić information content (AvgIpc) is 3.18. The van der Waals surface area contributed by atoms with Gasteiger partial charge in [0.1, 0.15) is 5.65 Å². The summed E-state index contributed by atoms with van der Waals surface area (Å²) in [4.78, 5) is 23.3. The van der Waals surface area contributed by atoms with Gasteiger partial charge in [0, 0.05) is 23.7 Å². The molecule has 3 heterocycles. The minimum Gasteiger partial charge on any atom is -0.492 e. The zero-order valence-electron chi connectivity index (χ0n) is 17.9. The van der Waals surface area contributed by atoms with E-state index in [1.54, 1.807) is 6.20 Å². The Kier molecular flexibility index (Phi) is 3.21. The third-order valence-corrected chi connectivity index (χ3v) is 9.35. The number of fused-ring (bicyclic) bond motifs is 2. The molecule has 0 aromatic carbocycles. The number of nitrogens with one attached hydrogen (secondary N) is 1. The molecule has 1 aliphatic heterocycles. The summed E-state index contributed by atoms with van der Waals surface area (Å²) in [5.41, 5.74) is -0.466. The molecule has 4 saturated carbocycles. The maximum Gasteiger partial charge on any atom is 0.233 e. The van der Waals surface area contributed by atoms with E-state index in [2.05, 4.69) is 16.9 Å². The molecule has 5 unspecified atom stereocenters. The lowest BCUT2D eigenvalue weighted by Crippen LogP contribution is -2.74. The fourth-order valence-corrected chi connectivity index (χ4v) is 7.76. The second kappa shape index (κ2) is 5.18. The molecule has 7 heteroatoms. The Morgan fingerprint density at radius 1 is 1.33 bits per heavy atom. The molecule has 6 nitrogen and oxygen atoms in total. The quantitative estimate of drug-likeness (QED) is 0.810. The van der Waals surface area contributed by atoms with Crippen molar-refractivity contribution in [1.82, 2.24) is 14.9 Å². The van der Waals surface area contributed by atoms with Gasteiger partial charge in [0.15, 0.2) is 11.6 Å². The van der Waals surface area contributed by atoms with Crippen molar-refractivity contribution in [3.63, 3.8) is 0 Å². The number of aromatic nitrogens is 2. The Morgan fingerprint density at radius 2 is 2.03 bits per heavy atom. The smallest absolute Gasteiger partial charge is 0.233 e. The van der Waals surface area contributed by atoms with E-state index in [9.17, 15) is 9.90 Å². The minimum atomic E-state index is -0.938. The van der Waals surface area contributed by atoms with Crippen LogP contribution in [0.2, 0.25) is 0 Å². The van der Waals surface area contributed by atoms with Crippen molar-refractivity contribution in [2.75, 3.05) is 7.11 Å². The largest absolute Gasteiger partial charge is 0.492 e. The number of aromatic amines is 1. The third-order valence-electron chi connectivity index (χ3n) is 9.35. The SMILES string of the molecule is COc1cnc2[nH]cc(C(C)(C)C(=O)N3C4CC5(O)CC6(C4)CC3CC56C)c2c1F. The number of carbonyl (C=O) groups is 1. The van der Waals surface area contributed by atoms with Crippen molar-refractivity contribution in [3.05, 3.63) is 23.8 Å². The molecule has 2 N–H and O–H groups in total. The van der Waals surface area contributed by atoms with Gasteiger partial charge in [0.05, 0.1) is 29.7 Å². The minimum absolute atomic E-state index is 0.00428. The first-order valence-corrected chi connectivity index (χ1v) is 10.8. The van der Waals surface area contributed by atoms with Crippen LogP contribution in [-0.4, -0.2) is 50.7 Å². The van der Waals surface area contributed by atoms with Gasteiger partial charge in [-0.3, -0.25) is 4.79 Å². The molecule has 160 valence electrons. The average molecular weight is 413 g/mol. The van der Waals surface area contributed by atoms with Gasteiger partial charge in [0.25, 0.3) is 0 Å². The fraction of sp³-hybridized carbons (Fsp3) is 0.652. The number of H-pyrrole nitrogens is 1. The first-order valence-electron chi connectivity index (χ1n) is 10.8. The fourth-order valence-electron chi connectivity index (χ4n) is 7.76. The molecule has 4 bridgehead atoms. The lowest BCUT2D eigenvalue weighted by atomic mass is 9.37. The Hall–Kier alpha value is -2.15. The molecule has 0 radical (unpaired) electrons. The van der Waals surface area contributed by atoms with Crippen LogP contribution in [0, 0.1) is 16.6 Å². The number of aliphatic hydroxyl groups is 1. The Balaban J connectivity index is 1.42. The van der Waals surface area contributed by atoms with E-state index in [1.807, 2.05) is 18.7 Å². The van der Waals surface area contributed by atoms with Crippen LogP contribution in [0.4, 0.5) is 4.39 Å². The van der Waals surface area contributed by atoms with Crippen LogP contribution in [0.25, 0.3) is 11.0 Å². The summed E-state index contributed by atoms with van der Waals surface area (Å²) >= 11 is 0. The topological polar surface area (TPSA) is 78.5 Å². The number of halogens is 1. The summed E-state index contributed by atoms with van der Waals surface area (Å²) in [6.07, 6.45) is 7.39. The van der Waals surface area contributed by atoms with E-state index >= 15 is 4.39 Å². The highest BCUT2D eigenvalue weighted by Crippen LogP contribution is 2.80. The monoisotopic (exact) mass is 413 g/mol. The number of ether oxygens (including phenoxy) is 1. The summed E-state index contributed by atoms with van der Waals surface area (Å²) in [6.45, 7) is 5.94. The molecule has 5 aliphatic rings. The van der Waals surface area contributed by atoms with E-state index in [-0.39, 0.29) is 34.6 Å². The van der Waals surface area contributed by atoms with Crippen LogP contribution in [0.3, 0.4) is 0 Å². The molecule has 1 amide bonds. The van der Waals surface area contributed by atoms with Crippen molar-refractivity contribution in [2.24, 2.45) is 10.8 Å². The third kappa shape index (κ3) is 1.81. The van der Waals surface area contributed by atoms with Crippen LogP contribution < -0.4 is 4.74 Å². The normalized spacial score (nSPS) is 38.8. The Labute approximate surface area is 174 Å². The summed E-state index contributed by atoms with van der Waals surface area (Å²) in [5.74, 6) is -0.428. The zero-order chi connectivity index (χ0) is 21.3. The molecule has 5 atom stereocenters. The van der Waals surface area contributed by atoms with Crippen molar-refractivity contribution >= 4 is 16.9 Å². The van der Waals surface area contributed by atoms with Gasteiger partial charge in [-0.05, 0) is 56.9 Å². The number of piperidine rings is 1. The molecule has 5 fully saturated rings. The van der Waals surface area contributed by atoms with Gasteiger partial charge in [-0.15, -0.1) is 0 Å². The number of carbonyl (C=O) groups excluding carboxylic acids is 1. The molecule has 1 spiro atoms. The van der Waals surface area contributed by atoms with Crippen LogP contribution in [0.15, 0.2) is 12.4 Å². The summed E-state index contributed by atoms with van der Waals surface area (Å²) in [6, 6.07) is 0.215. The maximum atomic E-state index is 15.1. The molecular weight excluding hydrogens is 385 g/mol. The lowest BCUT2D eigenvalue weighted by molar-refractivity contribution is -0.287. The highest BCUT2D eigenvalue weighted by Gasteiger charge is 2.80. The number of nitrogens with zero attached hydrogens (tertiary/aromatic N) is 2. The Bertz CT molecular complexity index is 1110. The summed E-state index contributed by atoms with van der Waals surface area (Å²) in [5, 5.41) is 11.6. The highest BCUT2D eigenvalue weighted by atomic mass is 19.1. The van der Waals surface area contributed by atoms with Crippen LogP contribution in [0.1, 0.15) is 58.4 Å². The lowest BCUT2D eigenvalue weighted by Gasteiger charge is -2.71. The zero-order valence-corrected chi connectivity index (χ0v) is 17.9. The highest BCUT2D eigenvalue weighted by molar-refractivity contribution is 5.95. The van der Waals surface area contributed by atoms with Gasteiger partial charge in [0.2, 0.25) is 5.91 Å².